The van der Waals surface area contributed by atoms with E-state index in [0.717, 1.165) is 16.9 Å². The fraction of sp³-hybridized carbons (Fsp3) is 0.308. The fourth-order valence-electron chi connectivity index (χ4n) is 2.04. The van der Waals surface area contributed by atoms with E-state index >= 15 is 0 Å². The molecule has 2 aromatic heterocycles. The first-order valence-corrected chi connectivity index (χ1v) is 6.12. The summed E-state index contributed by atoms with van der Waals surface area (Å²) >= 11 is 0. The molecule has 3 rings (SSSR count). The summed E-state index contributed by atoms with van der Waals surface area (Å²) in [4.78, 5) is 14.1. The molecular weight excluding hydrogens is 242 g/mol. The van der Waals surface area contributed by atoms with E-state index in [1.165, 1.54) is 0 Å². The van der Waals surface area contributed by atoms with Gasteiger partial charge in [0.2, 0.25) is 5.89 Å². The average Bonchev–Trinajstić information content (AvgIpc) is 2.94. The number of imidazole rings is 1. The van der Waals surface area contributed by atoms with Crippen molar-refractivity contribution >= 4 is 11.0 Å². The third-order valence-electron chi connectivity index (χ3n) is 2.84. The van der Waals surface area contributed by atoms with Crippen LogP contribution in [0.25, 0.3) is 11.0 Å². The molecule has 0 unspecified atom stereocenters. The first-order chi connectivity index (χ1) is 9.20. The Kier molecular flexibility index (Phi) is 3.00. The number of hydrogen-bond acceptors (Lipinski definition) is 5. The molecule has 0 saturated carbocycles. The Balaban J connectivity index is 1.70. The molecule has 0 amide bonds. The largest absolute Gasteiger partial charge is 0.341 e. The molecule has 2 heterocycles. The van der Waals surface area contributed by atoms with Crippen molar-refractivity contribution in [1.82, 2.24) is 25.0 Å². The number of H-pyrrole nitrogens is 1. The second-order valence-electron chi connectivity index (χ2n) is 4.60. The number of nitrogens with one attached hydrogen (secondary N) is 1. The molecule has 0 bridgehead atoms. The highest BCUT2D eigenvalue weighted by atomic mass is 16.5. The van der Waals surface area contributed by atoms with Crippen molar-refractivity contribution in [2.24, 2.45) is 0 Å². The minimum atomic E-state index is 0.590. The van der Waals surface area contributed by atoms with Gasteiger partial charge >= 0.3 is 0 Å². The van der Waals surface area contributed by atoms with E-state index in [9.17, 15) is 0 Å². The zero-order valence-corrected chi connectivity index (χ0v) is 10.9. The average molecular weight is 257 g/mol. The Morgan fingerprint density at radius 2 is 2.05 bits per heavy atom. The van der Waals surface area contributed by atoms with E-state index in [1.807, 2.05) is 31.3 Å². The van der Waals surface area contributed by atoms with Crippen molar-refractivity contribution < 1.29 is 4.52 Å². The second-order valence-corrected chi connectivity index (χ2v) is 4.60. The highest BCUT2D eigenvalue weighted by Crippen LogP contribution is 2.11. The van der Waals surface area contributed by atoms with Crippen LogP contribution in [0.3, 0.4) is 0 Å². The van der Waals surface area contributed by atoms with Gasteiger partial charge in [-0.1, -0.05) is 17.3 Å². The van der Waals surface area contributed by atoms with Crippen LogP contribution in [-0.4, -0.2) is 32.1 Å². The topological polar surface area (TPSA) is 70.8 Å². The van der Waals surface area contributed by atoms with Crippen LogP contribution in [0.15, 0.2) is 28.8 Å². The zero-order valence-electron chi connectivity index (χ0n) is 10.9. The number of aromatic nitrogens is 4. The first kappa shape index (κ1) is 11.9. The van der Waals surface area contributed by atoms with Gasteiger partial charge in [-0.2, -0.15) is 4.98 Å². The van der Waals surface area contributed by atoms with E-state index in [-0.39, 0.29) is 0 Å². The van der Waals surface area contributed by atoms with Crippen LogP contribution < -0.4 is 0 Å². The van der Waals surface area contributed by atoms with Crippen molar-refractivity contribution in [3.05, 3.63) is 41.8 Å². The summed E-state index contributed by atoms with van der Waals surface area (Å²) in [7, 11) is 2.00. The van der Waals surface area contributed by atoms with E-state index in [4.69, 9.17) is 4.52 Å². The van der Waals surface area contributed by atoms with E-state index in [2.05, 4.69) is 25.0 Å². The molecule has 0 aliphatic rings. The minimum Gasteiger partial charge on any atom is -0.341 e. The lowest BCUT2D eigenvalue weighted by Crippen LogP contribution is -2.18. The summed E-state index contributed by atoms with van der Waals surface area (Å²) in [6.07, 6.45) is 0. The number of nitrogens with zero attached hydrogens (tertiary/aromatic N) is 4. The molecule has 0 saturated heterocycles. The molecule has 19 heavy (non-hydrogen) atoms. The summed E-state index contributed by atoms with van der Waals surface area (Å²) < 4.78 is 4.95. The van der Waals surface area contributed by atoms with E-state index in [0.29, 0.717) is 24.8 Å². The molecule has 6 heteroatoms. The Hall–Kier alpha value is -2.21. The van der Waals surface area contributed by atoms with Gasteiger partial charge in [0, 0.05) is 6.92 Å². The van der Waals surface area contributed by atoms with Crippen molar-refractivity contribution in [2.45, 2.75) is 20.0 Å². The summed E-state index contributed by atoms with van der Waals surface area (Å²) in [5.41, 5.74) is 2.04. The monoisotopic (exact) mass is 257 g/mol. The SMILES string of the molecule is Cc1nc(CN(C)Cc2nc3ccccc3[nH]2)no1. The van der Waals surface area contributed by atoms with Gasteiger partial charge in [0.15, 0.2) is 5.82 Å². The summed E-state index contributed by atoms with van der Waals surface area (Å²) in [6.45, 7) is 3.13. The first-order valence-electron chi connectivity index (χ1n) is 6.12. The molecule has 0 spiro atoms. The fourth-order valence-corrected chi connectivity index (χ4v) is 2.04. The number of aromatic amines is 1. The maximum atomic E-state index is 4.95. The molecule has 0 fully saturated rings. The molecule has 0 aliphatic heterocycles. The molecule has 0 radical (unpaired) electrons. The standard InChI is InChI=1S/C13H15N5O/c1-9-14-13(17-19-9)8-18(2)7-12-15-10-5-3-4-6-11(10)16-12/h3-6H,7-8H2,1-2H3,(H,15,16). The molecule has 0 aliphatic carbocycles. The summed E-state index contributed by atoms with van der Waals surface area (Å²) in [5.74, 6) is 2.21. The quantitative estimate of drug-likeness (QED) is 0.772. The number of para-hydroxylation sites is 2. The third kappa shape index (κ3) is 2.63. The number of aryl methyl sites for hydroxylation is 1. The van der Waals surface area contributed by atoms with Crippen molar-refractivity contribution in [1.29, 1.82) is 0 Å². The highest BCUT2D eigenvalue weighted by Gasteiger charge is 2.09. The van der Waals surface area contributed by atoms with Gasteiger partial charge < -0.3 is 9.51 Å². The lowest BCUT2D eigenvalue weighted by Gasteiger charge is -2.11. The molecule has 3 aromatic rings. The molecule has 98 valence electrons. The Morgan fingerprint density at radius 3 is 2.79 bits per heavy atom. The van der Waals surface area contributed by atoms with Gasteiger partial charge in [0.25, 0.3) is 0 Å². The summed E-state index contributed by atoms with van der Waals surface area (Å²) in [6, 6.07) is 8.00. The molecule has 1 aromatic carbocycles. The van der Waals surface area contributed by atoms with Crippen LogP contribution in [0.1, 0.15) is 17.5 Å². The van der Waals surface area contributed by atoms with Crippen LogP contribution in [-0.2, 0) is 13.1 Å². The number of fused-ring (bicyclic) bond motifs is 1. The maximum Gasteiger partial charge on any atom is 0.223 e. The van der Waals surface area contributed by atoms with E-state index in [1.54, 1.807) is 6.92 Å². The van der Waals surface area contributed by atoms with Crippen molar-refractivity contribution in [2.75, 3.05) is 7.05 Å². The Bertz CT molecular complexity index is 654. The zero-order chi connectivity index (χ0) is 13.2. The Labute approximate surface area is 110 Å². The van der Waals surface area contributed by atoms with Crippen molar-refractivity contribution in [3.63, 3.8) is 0 Å². The van der Waals surface area contributed by atoms with Crippen LogP contribution in [0, 0.1) is 6.92 Å². The molecule has 1 N–H and O–H groups in total. The van der Waals surface area contributed by atoms with Gasteiger partial charge in [0.1, 0.15) is 5.82 Å². The third-order valence-corrected chi connectivity index (χ3v) is 2.84. The predicted octanol–water partition coefficient (Wildman–Crippen LogP) is 1.89. The number of rotatable bonds is 4. The second kappa shape index (κ2) is 4.81. The maximum absolute atomic E-state index is 4.95. The van der Waals surface area contributed by atoms with E-state index < -0.39 is 0 Å². The van der Waals surface area contributed by atoms with Gasteiger partial charge in [0.05, 0.1) is 24.1 Å². The Morgan fingerprint density at radius 1 is 1.21 bits per heavy atom. The number of hydrogen-bond donors (Lipinski definition) is 1. The van der Waals surface area contributed by atoms with Crippen LogP contribution in [0.2, 0.25) is 0 Å². The van der Waals surface area contributed by atoms with Gasteiger partial charge in [-0.05, 0) is 19.2 Å². The normalized spacial score (nSPS) is 11.5. The smallest absolute Gasteiger partial charge is 0.223 e. The van der Waals surface area contributed by atoms with Crippen LogP contribution >= 0.6 is 0 Å². The highest BCUT2D eigenvalue weighted by molar-refractivity contribution is 5.74. The number of benzene rings is 1. The molecule has 6 nitrogen and oxygen atoms in total. The van der Waals surface area contributed by atoms with Gasteiger partial charge in [-0.3, -0.25) is 4.90 Å². The van der Waals surface area contributed by atoms with Gasteiger partial charge in [-0.25, -0.2) is 4.98 Å². The predicted molar refractivity (Wildman–Crippen MR) is 70.3 cm³/mol. The van der Waals surface area contributed by atoms with Crippen molar-refractivity contribution in [3.8, 4) is 0 Å². The molecular formula is C13H15N5O. The molecule has 0 atom stereocenters. The summed E-state index contributed by atoms with van der Waals surface area (Å²) in [5, 5.41) is 3.88. The lowest BCUT2D eigenvalue weighted by molar-refractivity contribution is 0.295. The lowest BCUT2D eigenvalue weighted by atomic mass is 10.3. The van der Waals surface area contributed by atoms with Crippen LogP contribution in [0.4, 0.5) is 0 Å². The van der Waals surface area contributed by atoms with Gasteiger partial charge in [-0.15, -0.1) is 0 Å². The van der Waals surface area contributed by atoms with Crippen LogP contribution in [0.5, 0.6) is 0 Å². The minimum absolute atomic E-state index is 0.590.